The zero-order chi connectivity index (χ0) is 12.6. The van der Waals surface area contributed by atoms with Gasteiger partial charge in [0.2, 0.25) is 0 Å². The van der Waals surface area contributed by atoms with Crippen LogP contribution in [-0.4, -0.2) is 20.9 Å². The second kappa shape index (κ2) is 4.17. The Morgan fingerprint density at radius 3 is 2.47 bits per heavy atom. The molecule has 4 heteroatoms. The molecule has 0 aliphatic heterocycles. The molecule has 2 rings (SSSR count). The summed E-state index contributed by atoms with van der Waals surface area (Å²) < 4.78 is 1.91. The summed E-state index contributed by atoms with van der Waals surface area (Å²) in [6, 6.07) is 0. The fourth-order valence-electron chi connectivity index (χ4n) is 2.50. The van der Waals surface area contributed by atoms with Gasteiger partial charge in [0.1, 0.15) is 0 Å². The molecule has 0 fully saturated rings. The highest BCUT2D eigenvalue weighted by molar-refractivity contribution is 5.87. The van der Waals surface area contributed by atoms with Crippen molar-refractivity contribution in [1.29, 1.82) is 0 Å². The zero-order valence-electron chi connectivity index (χ0n) is 10.8. The van der Waals surface area contributed by atoms with Crippen LogP contribution in [0, 0.1) is 0 Å². The Morgan fingerprint density at radius 2 is 1.88 bits per heavy atom. The molecule has 0 radical (unpaired) electrons. The Balaban J connectivity index is 2.58. The van der Waals surface area contributed by atoms with Crippen LogP contribution in [0.25, 0.3) is 0 Å². The monoisotopic (exact) mass is 236 g/mol. The minimum atomic E-state index is -0.897. The van der Waals surface area contributed by atoms with E-state index in [0.29, 0.717) is 0 Å². The van der Waals surface area contributed by atoms with Gasteiger partial charge in [-0.05, 0) is 46.5 Å². The summed E-state index contributed by atoms with van der Waals surface area (Å²) in [5, 5.41) is 13.6. The third-order valence-corrected chi connectivity index (χ3v) is 3.27. The molecular weight excluding hydrogens is 216 g/mol. The minimum absolute atomic E-state index is 0.151. The summed E-state index contributed by atoms with van der Waals surface area (Å²) in [6.07, 6.45) is 5.19. The summed E-state index contributed by atoms with van der Waals surface area (Å²) in [4.78, 5) is 11.2. The molecule has 1 aromatic heterocycles. The summed E-state index contributed by atoms with van der Waals surface area (Å²) in [5.74, 6) is -0.897. The first-order chi connectivity index (χ1) is 7.91. The molecule has 1 aliphatic carbocycles. The first kappa shape index (κ1) is 12.1. The second-order valence-electron chi connectivity index (χ2n) is 5.72. The van der Waals surface area contributed by atoms with Crippen molar-refractivity contribution >= 4 is 5.97 Å². The standard InChI is InChI=1S/C13H20N2O2/c1-13(2,3)15-10-8-6-4-5-7-9(10)11(14-15)12(16)17/h4-8H2,1-3H3,(H,16,17). The molecule has 94 valence electrons. The molecule has 0 bridgehead atoms. The topological polar surface area (TPSA) is 55.1 Å². The van der Waals surface area contributed by atoms with Crippen LogP contribution >= 0.6 is 0 Å². The number of rotatable bonds is 1. The third-order valence-electron chi connectivity index (χ3n) is 3.27. The van der Waals surface area contributed by atoms with Crippen LogP contribution in [0.3, 0.4) is 0 Å². The van der Waals surface area contributed by atoms with Gasteiger partial charge in [-0.3, -0.25) is 4.68 Å². The number of fused-ring (bicyclic) bond motifs is 1. The fraction of sp³-hybridized carbons (Fsp3) is 0.692. The van der Waals surface area contributed by atoms with E-state index in [-0.39, 0.29) is 11.2 Å². The molecule has 4 nitrogen and oxygen atoms in total. The maximum absolute atomic E-state index is 11.2. The number of aromatic nitrogens is 2. The van der Waals surface area contributed by atoms with Crippen LogP contribution in [0.2, 0.25) is 0 Å². The summed E-state index contributed by atoms with van der Waals surface area (Å²) >= 11 is 0. The van der Waals surface area contributed by atoms with E-state index in [1.54, 1.807) is 0 Å². The quantitative estimate of drug-likeness (QED) is 0.762. The number of hydrogen-bond donors (Lipinski definition) is 1. The van der Waals surface area contributed by atoms with Gasteiger partial charge in [-0.25, -0.2) is 4.79 Å². The SMILES string of the molecule is CC(C)(C)n1nc(C(=O)O)c2c1CCCCC2. The predicted molar refractivity (Wildman–Crippen MR) is 65.4 cm³/mol. The van der Waals surface area contributed by atoms with Gasteiger partial charge in [0, 0.05) is 11.3 Å². The van der Waals surface area contributed by atoms with Crippen molar-refractivity contribution < 1.29 is 9.90 Å². The molecule has 0 atom stereocenters. The number of carbonyl (C=O) groups is 1. The van der Waals surface area contributed by atoms with E-state index in [1.807, 2.05) is 4.68 Å². The summed E-state index contributed by atoms with van der Waals surface area (Å²) in [7, 11) is 0. The molecule has 0 spiro atoms. The van der Waals surface area contributed by atoms with Gasteiger partial charge >= 0.3 is 5.97 Å². The van der Waals surface area contributed by atoms with E-state index >= 15 is 0 Å². The average molecular weight is 236 g/mol. The van der Waals surface area contributed by atoms with Gasteiger partial charge in [0.05, 0.1) is 5.54 Å². The smallest absolute Gasteiger partial charge is 0.356 e. The molecule has 0 amide bonds. The Bertz CT molecular complexity index is 441. The highest BCUT2D eigenvalue weighted by atomic mass is 16.4. The Morgan fingerprint density at radius 1 is 1.24 bits per heavy atom. The van der Waals surface area contributed by atoms with Gasteiger partial charge < -0.3 is 5.11 Å². The molecule has 1 N–H and O–H groups in total. The molecule has 0 saturated heterocycles. The lowest BCUT2D eigenvalue weighted by Crippen LogP contribution is -2.25. The van der Waals surface area contributed by atoms with Crippen molar-refractivity contribution in [3.8, 4) is 0 Å². The van der Waals surface area contributed by atoms with Crippen molar-refractivity contribution in [3.63, 3.8) is 0 Å². The normalized spacial score (nSPS) is 16.4. The van der Waals surface area contributed by atoms with Gasteiger partial charge in [-0.15, -0.1) is 0 Å². The van der Waals surface area contributed by atoms with Crippen LogP contribution in [0.15, 0.2) is 0 Å². The summed E-state index contributed by atoms with van der Waals surface area (Å²) in [6.45, 7) is 6.20. The van der Waals surface area contributed by atoms with Crippen LogP contribution in [0.1, 0.15) is 61.8 Å². The third kappa shape index (κ3) is 2.21. The average Bonchev–Trinajstić information content (AvgIpc) is 2.42. The molecule has 1 heterocycles. The highest BCUT2D eigenvalue weighted by Gasteiger charge is 2.28. The lowest BCUT2D eigenvalue weighted by atomic mass is 10.1. The number of nitrogens with zero attached hydrogens (tertiary/aromatic N) is 2. The van der Waals surface area contributed by atoms with Crippen molar-refractivity contribution in [2.45, 2.75) is 58.4 Å². The maximum atomic E-state index is 11.2. The number of carboxylic acid groups (broad SMARTS) is 1. The maximum Gasteiger partial charge on any atom is 0.356 e. The van der Waals surface area contributed by atoms with Gasteiger partial charge in [0.25, 0.3) is 0 Å². The largest absolute Gasteiger partial charge is 0.476 e. The first-order valence-electron chi connectivity index (χ1n) is 6.26. The van der Waals surface area contributed by atoms with Crippen LogP contribution in [0.5, 0.6) is 0 Å². The molecule has 17 heavy (non-hydrogen) atoms. The minimum Gasteiger partial charge on any atom is -0.476 e. The van der Waals surface area contributed by atoms with E-state index in [2.05, 4.69) is 25.9 Å². The Kier molecular flexibility index (Phi) is 2.98. The Labute approximate surface area is 102 Å². The summed E-state index contributed by atoms with van der Waals surface area (Å²) in [5.41, 5.74) is 2.21. The zero-order valence-corrected chi connectivity index (χ0v) is 10.8. The van der Waals surface area contributed by atoms with Crippen molar-refractivity contribution in [2.24, 2.45) is 0 Å². The Hall–Kier alpha value is -1.32. The fourth-order valence-corrected chi connectivity index (χ4v) is 2.50. The molecule has 1 aromatic rings. The number of aromatic carboxylic acids is 1. The van der Waals surface area contributed by atoms with E-state index in [1.165, 1.54) is 6.42 Å². The number of hydrogen-bond acceptors (Lipinski definition) is 2. The predicted octanol–water partition coefficient (Wildman–Crippen LogP) is 2.61. The first-order valence-corrected chi connectivity index (χ1v) is 6.26. The second-order valence-corrected chi connectivity index (χ2v) is 5.72. The molecular formula is C13H20N2O2. The van der Waals surface area contributed by atoms with E-state index in [0.717, 1.165) is 36.9 Å². The van der Waals surface area contributed by atoms with Crippen LogP contribution < -0.4 is 0 Å². The number of carboxylic acids is 1. The van der Waals surface area contributed by atoms with Crippen LogP contribution in [-0.2, 0) is 18.4 Å². The van der Waals surface area contributed by atoms with Gasteiger partial charge in [-0.1, -0.05) is 6.42 Å². The molecule has 0 saturated carbocycles. The molecule has 1 aliphatic rings. The lowest BCUT2D eigenvalue weighted by molar-refractivity contribution is 0.0687. The van der Waals surface area contributed by atoms with Gasteiger partial charge in [-0.2, -0.15) is 5.10 Å². The molecule has 0 unspecified atom stereocenters. The molecule has 0 aromatic carbocycles. The van der Waals surface area contributed by atoms with E-state index < -0.39 is 5.97 Å². The van der Waals surface area contributed by atoms with Gasteiger partial charge in [0.15, 0.2) is 5.69 Å². The van der Waals surface area contributed by atoms with E-state index in [9.17, 15) is 9.90 Å². The van der Waals surface area contributed by atoms with E-state index in [4.69, 9.17) is 0 Å². The van der Waals surface area contributed by atoms with Crippen molar-refractivity contribution in [1.82, 2.24) is 9.78 Å². The highest BCUT2D eigenvalue weighted by Crippen LogP contribution is 2.28. The van der Waals surface area contributed by atoms with Crippen molar-refractivity contribution in [2.75, 3.05) is 0 Å². The van der Waals surface area contributed by atoms with Crippen LogP contribution in [0.4, 0.5) is 0 Å². The van der Waals surface area contributed by atoms with Crippen molar-refractivity contribution in [3.05, 3.63) is 17.0 Å². The lowest BCUT2D eigenvalue weighted by Gasteiger charge is -2.22.